The van der Waals surface area contributed by atoms with Gasteiger partial charge in [0.05, 0.1) is 13.0 Å². The summed E-state index contributed by atoms with van der Waals surface area (Å²) in [4.78, 5) is 22.7. The van der Waals surface area contributed by atoms with Crippen molar-refractivity contribution in [2.45, 2.75) is 20.3 Å². The van der Waals surface area contributed by atoms with Crippen LogP contribution >= 0.6 is 11.8 Å². The first-order chi connectivity index (χ1) is 9.02. The molecule has 1 amide bonds. The van der Waals surface area contributed by atoms with Crippen molar-refractivity contribution in [1.82, 2.24) is 5.16 Å². The number of thioether (sulfide) groups is 1. The fourth-order valence-electron chi connectivity index (χ4n) is 1.32. The molecule has 0 aliphatic rings. The number of ether oxygens (including phenoxy) is 1. The van der Waals surface area contributed by atoms with Crippen LogP contribution in [0.4, 0.5) is 5.82 Å². The first-order valence-corrected chi connectivity index (χ1v) is 7.07. The van der Waals surface area contributed by atoms with Gasteiger partial charge in [-0.25, -0.2) is 0 Å². The van der Waals surface area contributed by atoms with Gasteiger partial charge in [-0.05, 0) is 6.92 Å². The lowest BCUT2D eigenvalue weighted by atomic mass is 10.2. The fourth-order valence-corrected chi connectivity index (χ4v) is 2.31. The third-order valence-electron chi connectivity index (χ3n) is 2.34. The van der Waals surface area contributed by atoms with Gasteiger partial charge < -0.3 is 14.6 Å². The highest BCUT2D eigenvalue weighted by Crippen LogP contribution is 2.12. The lowest BCUT2D eigenvalue weighted by molar-refractivity contribution is -0.144. The largest absolute Gasteiger partial charge is 0.469 e. The quantitative estimate of drug-likeness (QED) is 0.608. The van der Waals surface area contributed by atoms with Crippen molar-refractivity contribution < 1.29 is 18.8 Å². The highest BCUT2D eigenvalue weighted by atomic mass is 32.2. The molecular formula is C12H18N2O4S. The van der Waals surface area contributed by atoms with Crippen LogP contribution in [0.3, 0.4) is 0 Å². The van der Waals surface area contributed by atoms with Gasteiger partial charge in [0, 0.05) is 24.0 Å². The molecule has 0 aliphatic carbocycles. The van der Waals surface area contributed by atoms with Gasteiger partial charge in [-0.1, -0.05) is 12.1 Å². The summed E-state index contributed by atoms with van der Waals surface area (Å²) in [5, 5.41) is 6.31. The molecule has 7 heteroatoms. The molecule has 0 fully saturated rings. The Morgan fingerprint density at radius 1 is 1.58 bits per heavy atom. The molecule has 1 heterocycles. The minimum absolute atomic E-state index is 0.119. The van der Waals surface area contributed by atoms with Crippen molar-refractivity contribution in [2.24, 2.45) is 5.92 Å². The van der Waals surface area contributed by atoms with Crippen LogP contribution < -0.4 is 5.32 Å². The number of carbonyl (C=O) groups excluding carboxylic acids is 2. The van der Waals surface area contributed by atoms with E-state index in [0.29, 0.717) is 29.5 Å². The highest BCUT2D eigenvalue weighted by molar-refractivity contribution is 7.99. The molecule has 1 aromatic rings. The average molecular weight is 286 g/mol. The number of amides is 1. The third-order valence-corrected chi connectivity index (χ3v) is 3.57. The second-order valence-corrected chi connectivity index (χ2v) is 5.27. The molecule has 106 valence electrons. The zero-order valence-electron chi connectivity index (χ0n) is 11.3. The molecule has 6 nitrogen and oxygen atoms in total. The van der Waals surface area contributed by atoms with Gasteiger partial charge in [0.2, 0.25) is 5.91 Å². The molecule has 19 heavy (non-hydrogen) atoms. The van der Waals surface area contributed by atoms with Crippen LogP contribution in [-0.4, -0.2) is 35.6 Å². The van der Waals surface area contributed by atoms with Gasteiger partial charge >= 0.3 is 5.97 Å². The first kappa shape index (κ1) is 15.6. The fraction of sp³-hybridized carbons (Fsp3) is 0.583. The summed E-state index contributed by atoms with van der Waals surface area (Å²) in [5.74, 6) is 1.86. The Balaban J connectivity index is 2.15. The summed E-state index contributed by atoms with van der Waals surface area (Å²) in [6, 6.07) is 1.66. The number of aryl methyl sites for hydroxylation is 1. The monoisotopic (exact) mass is 286 g/mol. The van der Waals surface area contributed by atoms with Gasteiger partial charge in [0.1, 0.15) is 5.76 Å². The molecular weight excluding hydrogens is 268 g/mol. The van der Waals surface area contributed by atoms with Crippen LogP contribution in [0, 0.1) is 12.8 Å². The van der Waals surface area contributed by atoms with E-state index in [2.05, 4.69) is 15.2 Å². The van der Waals surface area contributed by atoms with E-state index < -0.39 is 0 Å². The molecule has 0 aromatic carbocycles. The first-order valence-electron chi connectivity index (χ1n) is 5.91. The van der Waals surface area contributed by atoms with Gasteiger partial charge in [-0.15, -0.1) is 0 Å². The predicted octanol–water partition coefficient (Wildman–Crippen LogP) is 1.85. The summed E-state index contributed by atoms with van der Waals surface area (Å²) < 4.78 is 9.46. The van der Waals surface area contributed by atoms with Crippen molar-refractivity contribution in [1.29, 1.82) is 0 Å². The molecule has 0 saturated heterocycles. The SMILES string of the molecule is COC(=O)C(C)CSCCC(=O)Nc1cc(C)on1. The van der Waals surface area contributed by atoms with Gasteiger partial charge in [-0.3, -0.25) is 9.59 Å². The van der Waals surface area contributed by atoms with Crippen molar-refractivity contribution >= 4 is 29.5 Å². The van der Waals surface area contributed by atoms with Gasteiger partial charge in [0.25, 0.3) is 0 Å². The normalized spacial score (nSPS) is 11.9. The molecule has 0 radical (unpaired) electrons. The number of hydrogen-bond donors (Lipinski definition) is 1. The van der Waals surface area contributed by atoms with E-state index in [1.807, 2.05) is 0 Å². The summed E-state index contributed by atoms with van der Waals surface area (Å²) in [7, 11) is 1.37. The number of nitrogens with zero attached hydrogens (tertiary/aromatic N) is 1. The van der Waals surface area contributed by atoms with E-state index in [0.717, 1.165) is 0 Å². The molecule has 0 aliphatic heterocycles. The topological polar surface area (TPSA) is 81.4 Å². The zero-order chi connectivity index (χ0) is 14.3. The molecule has 1 rings (SSSR count). The molecule has 1 N–H and O–H groups in total. The maximum absolute atomic E-state index is 11.6. The van der Waals surface area contributed by atoms with Crippen molar-refractivity contribution in [2.75, 3.05) is 23.9 Å². The average Bonchev–Trinajstić information content (AvgIpc) is 2.78. The zero-order valence-corrected chi connectivity index (χ0v) is 12.1. The highest BCUT2D eigenvalue weighted by Gasteiger charge is 2.13. The van der Waals surface area contributed by atoms with Crippen LogP contribution in [0.25, 0.3) is 0 Å². The molecule has 0 bridgehead atoms. The summed E-state index contributed by atoms with van der Waals surface area (Å²) >= 11 is 1.54. The predicted molar refractivity (Wildman–Crippen MR) is 73.0 cm³/mol. The van der Waals surface area contributed by atoms with Crippen LogP contribution in [0.5, 0.6) is 0 Å². The van der Waals surface area contributed by atoms with Crippen molar-refractivity contribution in [3.8, 4) is 0 Å². The molecule has 1 aromatic heterocycles. The van der Waals surface area contributed by atoms with Crippen LogP contribution in [0.1, 0.15) is 19.1 Å². The van der Waals surface area contributed by atoms with Crippen molar-refractivity contribution in [3.63, 3.8) is 0 Å². The van der Waals surface area contributed by atoms with E-state index in [4.69, 9.17) is 4.52 Å². The Morgan fingerprint density at radius 3 is 2.89 bits per heavy atom. The van der Waals surface area contributed by atoms with Crippen molar-refractivity contribution in [3.05, 3.63) is 11.8 Å². The minimum Gasteiger partial charge on any atom is -0.469 e. The summed E-state index contributed by atoms with van der Waals surface area (Å²) in [6.45, 7) is 3.56. The maximum Gasteiger partial charge on any atom is 0.309 e. The number of hydrogen-bond acceptors (Lipinski definition) is 6. The number of methoxy groups -OCH3 is 1. The maximum atomic E-state index is 11.6. The Morgan fingerprint density at radius 2 is 2.32 bits per heavy atom. The summed E-state index contributed by atoms with van der Waals surface area (Å²) in [5.41, 5.74) is 0. The lowest BCUT2D eigenvalue weighted by Crippen LogP contribution is -2.16. The number of rotatable bonds is 7. The van der Waals surface area contributed by atoms with E-state index in [1.165, 1.54) is 7.11 Å². The number of esters is 1. The second-order valence-electron chi connectivity index (χ2n) is 4.12. The van der Waals surface area contributed by atoms with Gasteiger partial charge in [-0.2, -0.15) is 11.8 Å². The van der Waals surface area contributed by atoms with Crippen LogP contribution in [0.2, 0.25) is 0 Å². The van der Waals surface area contributed by atoms with E-state index in [-0.39, 0.29) is 17.8 Å². The van der Waals surface area contributed by atoms with E-state index in [9.17, 15) is 9.59 Å². The number of aromatic nitrogens is 1. The molecule has 1 unspecified atom stereocenters. The Bertz CT molecular complexity index is 433. The Hall–Kier alpha value is -1.50. The summed E-state index contributed by atoms with van der Waals surface area (Å²) in [6.07, 6.45) is 0.366. The number of nitrogens with one attached hydrogen (secondary N) is 1. The number of anilines is 1. The van der Waals surface area contributed by atoms with Crippen LogP contribution in [-0.2, 0) is 14.3 Å². The third kappa shape index (κ3) is 5.78. The van der Waals surface area contributed by atoms with Crippen LogP contribution in [0.15, 0.2) is 10.6 Å². The smallest absolute Gasteiger partial charge is 0.309 e. The Labute approximate surface area is 116 Å². The van der Waals surface area contributed by atoms with E-state index in [1.54, 1.807) is 31.7 Å². The molecule has 0 saturated carbocycles. The van der Waals surface area contributed by atoms with Gasteiger partial charge in [0.15, 0.2) is 5.82 Å². The van der Waals surface area contributed by atoms with E-state index >= 15 is 0 Å². The molecule has 1 atom stereocenters. The second kappa shape index (κ2) is 7.83. The standard InChI is InChI=1S/C12H18N2O4S/c1-8(12(16)17-3)7-19-5-4-11(15)13-10-6-9(2)18-14-10/h6,8H,4-5,7H2,1-3H3,(H,13,14,15). The minimum atomic E-state index is -0.227. The molecule has 0 spiro atoms. The lowest BCUT2D eigenvalue weighted by Gasteiger charge is -2.08. The Kier molecular flexibility index (Phi) is 6.41. The number of carbonyl (C=O) groups is 2.